The topological polar surface area (TPSA) is 67.6 Å². The fourth-order valence-electron chi connectivity index (χ4n) is 2.09. The molecule has 1 saturated heterocycles. The summed E-state index contributed by atoms with van der Waals surface area (Å²) in [6, 6.07) is 7.69. The highest BCUT2D eigenvalue weighted by atomic mass is 16.6. The van der Waals surface area contributed by atoms with Crippen LogP contribution in [0.4, 0.5) is 16.2 Å². The lowest BCUT2D eigenvalue weighted by Gasteiger charge is -2.40. The normalized spacial score (nSPS) is 15.7. The number of para-hydroxylation sites is 2. The zero-order valence-electron chi connectivity index (χ0n) is 12.3. The van der Waals surface area contributed by atoms with Gasteiger partial charge in [-0.3, -0.25) is 0 Å². The third kappa shape index (κ3) is 3.79. The molecule has 20 heavy (non-hydrogen) atoms. The zero-order chi connectivity index (χ0) is 14.8. The molecule has 1 amide bonds. The molecule has 5 nitrogen and oxygen atoms in total. The highest BCUT2D eigenvalue weighted by molar-refractivity contribution is 5.69. The molecule has 110 valence electrons. The highest BCUT2D eigenvalue weighted by Crippen LogP contribution is 2.22. The molecule has 0 aliphatic carbocycles. The van der Waals surface area contributed by atoms with E-state index in [-0.39, 0.29) is 6.09 Å². The Bertz CT molecular complexity index is 476. The number of ether oxygens (including phenoxy) is 1. The van der Waals surface area contributed by atoms with E-state index in [0.717, 1.165) is 31.0 Å². The Morgan fingerprint density at radius 3 is 2.65 bits per heavy atom. The number of rotatable bonds is 3. The van der Waals surface area contributed by atoms with Crippen LogP contribution in [0.15, 0.2) is 24.3 Å². The van der Waals surface area contributed by atoms with Gasteiger partial charge in [0.15, 0.2) is 0 Å². The summed E-state index contributed by atoms with van der Waals surface area (Å²) in [5, 5.41) is 3.32. The molecule has 2 rings (SSSR count). The second kappa shape index (κ2) is 5.61. The van der Waals surface area contributed by atoms with E-state index in [9.17, 15) is 4.79 Å². The van der Waals surface area contributed by atoms with E-state index in [2.05, 4.69) is 5.32 Å². The van der Waals surface area contributed by atoms with Crippen molar-refractivity contribution in [2.24, 2.45) is 5.92 Å². The number of nitrogens with zero attached hydrogens (tertiary/aromatic N) is 1. The van der Waals surface area contributed by atoms with Crippen molar-refractivity contribution < 1.29 is 9.53 Å². The fraction of sp³-hybridized carbons (Fsp3) is 0.533. The summed E-state index contributed by atoms with van der Waals surface area (Å²) in [4.78, 5) is 13.5. The summed E-state index contributed by atoms with van der Waals surface area (Å²) in [6.45, 7) is 7.91. The van der Waals surface area contributed by atoms with E-state index < -0.39 is 5.60 Å². The first kappa shape index (κ1) is 14.5. The van der Waals surface area contributed by atoms with Gasteiger partial charge < -0.3 is 20.7 Å². The Kier molecular flexibility index (Phi) is 4.06. The number of nitrogen functional groups attached to an aromatic ring is 1. The summed E-state index contributed by atoms with van der Waals surface area (Å²) in [6.07, 6.45) is -0.229. The van der Waals surface area contributed by atoms with E-state index in [0.29, 0.717) is 5.92 Å². The Morgan fingerprint density at radius 2 is 2.05 bits per heavy atom. The van der Waals surface area contributed by atoms with Gasteiger partial charge in [0.2, 0.25) is 0 Å². The first-order chi connectivity index (χ1) is 9.35. The lowest BCUT2D eigenvalue weighted by Crippen LogP contribution is -2.53. The van der Waals surface area contributed by atoms with E-state index in [4.69, 9.17) is 10.5 Å². The maximum Gasteiger partial charge on any atom is 0.410 e. The van der Waals surface area contributed by atoms with Crippen LogP contribution in [-0.2, 0) is 4.74 Å². The van der Waals surface area contributed by atoms with Gasteiger partial charge in [-0.15, -0.1) is 0 Å². The van der Waals surface area contributed by atoms with Crippen molar-refractivity contribution in [3.05, 3.63) is 24.3 Å². The van der Waals surface area contributed by atoms with Crippen LogP contribution in [0, 0.1) is 5.92 Å². The van der Waals surface area contributed by atoms with Crippen molar-refractivity contribution in [3.63, 3.8) is 0 Å². The second-order valence-electron chi connectivity index (χ2n) is 6.22. The Morgan fingerprint density at radius 1 is 1.40 bits per heavy atom. The average molecular weight is 277 g/mol. The van der Waals surface area contributed by atoms with Crippen LogP contribution in [0.1, 0.15) is 20.8 Å². The Hall–Kier alpha value is -1.91. The highest BCUT2D eigenvalue weighted by Gasteiger charge is 2.33. The number of benzene rings is 1. The van der Waals surface area contributed by atoms with Gasteiger partial charge in [0.05, 0.1) is 11.4 Å². The number of nitrogens with two attached hydrogens (primary N) is 1. The van der Waals surface area contributed by atoms with Gasteiger partial charge >= 0.3 is 6.09 Å². The van der Waals surface area contributed by atoms with Gasteiger partial charge in [-0.2, -0.15) is 0 Å². The third-order valence-corrected chi connectivity index (χ3v) is 3.15. The van der Waals surface area contributed by atoms with Gasteiger partial charge in [0, 0.05) is 25.6 Å². The molecule has 1 aliphatic heterocycles. The minimum absolute atomic E-state index is 0.229. The van der Waals surface area contributed by atoms with E-state index in [1.54, 1.807) is 4.90 Å². The van der Waals surface area contributed by atoms with Crippen LogP contribution in [0.5, 0.6) is 0 Å². The molecule has 3 N–H and O–H groups in total. The van der Waals surface area contributed by atoms with Crippen LogP contribution in [0.3, 0.4) is 0 Å². The SMILES string of the molecule is CC(C)(C)OC(=O)N1CC(CNc2ccccc2N)C1. The first-order valence-electron chi connectivity index (χ1n) is 6.91. The van der Waals surface area contributed by atoms with Gasteiger partial charge in [0.25, 0.3) is 0 Å². The lowest BCUT2D eigenvalue weighted by atomic mass is 10.0. The molecule has 1 aromatic rings. The largest absolute Gasteiger partial charge is 0.444 e. The van der Waals surface area contributed by atoms with Gasteiger partial charge in [-0.25, -0.2) is 4.79 Å². The monoisotopic (exact) mass is 277 g/mol. The van der Waals surface area contributed by atoms with Crippen molar-refractivity contribution in [1.29, 1.82) is 0 Å². The van der Waals surface area contributed by atoms with Crippen LogP contribution in [0.25, 0.3) is 0 Å². The van der Waals surface area contributed by atoms with Crippen molar-refractivity contribution >= 4 is 17.5 Å². The number of amides is 1. The number of carbonyl (C=O) groups is 1. The molecular weight excluding hydrogens is 254 g/mol. The molecule has 1 heterocycles. The summed E-state index contributed by atoms with van der Waals surface area (Å²) < 4.78 is 5.32. The third-order valence-electron chi connectivity index (χ3n) is 3.15. The minimum Gasteiger partial charge on any atom is -0.444 e. The van der Waals surface area contributed by atoms with E-state index >= 15 is 0 Å². The van der Waals surface area contributed by atoms with Crippen molar-refractivity contribution in [2.45, 2.75) is 26.4 Å². The van der Waals surface area contributed by atoms with Crippen molar-refractivity contribution in [2.75, 3.05) is 30.7 Å². The molecule has 5 heteroatoms. The van der Waals surface area contributed by atoms with Crippen molar-refractivity contribution in [1.82, 2.24) is 4.90 Å². The number of anilines is 2. The maximum atomic E-state index is 11.8. The summed E-state index contributed by atoms with van der Waals surface area (Å²) in [5.74, 6) is 0.446. The number of nitrogens with one attached hydrogen (secondary N) is 1. The maximum absolute atomic E-state index is 11.8. The van der Waals surface area contributed by atoms with E-state index in [1.807, 2.05) is 45.0 Å². The summed E-state index contributed by atoms with van der Waals surface area (Å²) in [7, 11) is 0. The zero-order valence-corrected chi connectivity index (χ0v) is 12.3. The Balaban J connectivity index is 1.72. The number of hydrogen-bond acceptors (Lipinski definition) is 4. The molecule has 0 unspecified atom stereocenters. The molecule has 1 fully saturated rings. The standard InChI is InChI=1S/C15H23N3O2/c1-15(2,3)20-14(19)18-9-11(10-18)8-17-13-7-5-4-6-12(13)16/h4-7,11,17H,8-10,16H2,1-3H3. The van der Waals surface area contributed by atoms with E-state index in [1.165, 1.54) is 0 Å². The summed E-state index contributed by atoms with van der Waals surface area (Å²) >= 11 is 0. The Labute approximate surface area is 120 Å². The van der Waals surface area contributed by atoms with Crippen LogP contribution in [-0.4, -0.2) is 36.2 Å². The smallest absolute Gasteiger partial charge is 0.410 e. The minimum atomic E-state index is -0.432. The first-order valence-corrected chi connectivity index (χ1v) is 6.91. The quantitative estimate of drug-likeness (QED) is 0.833. The van der Waals surface area contributed by atoms with Crippen LogP contribution >= 0.6 is 0 Å². The predicted octanol–water partition coefficient (Wildman–Crippen LogP) is 2.55. The molecular formula is C15H23N3O2. The van der Waals surface area contributed by atoms with Crippen LogP contribution in [0.2, 0.25) is 0 Å². The number of hydrogen-bond donors (Lipinski definition) is 2. The lowest BCUT2D eigenvalue weighted by molar-refractivity contribution is 0.000847. The molecule has 1 aliphatic rings. The predicted molar refractivity (Wildman–Crippen MR) is 80.6 cm³/mol. The van der Waals surface area contributed by atoms with Crippen LogP contribution < -0.4 is 11.1 Å². The van der Waals surface area contributed by atoms with Gasteiger partial charge in [0.1, 0.15) is 5.60 Å². The van der Waals surface area contributed by atoms with Gasteiger partial charge in [-0.05, 0) is 32.9 Å². The number of likely N-dealkylation sites (tertiary alicyclic amines) is 1. The molecule has 0 bridgehead atoms. The van der Waals surface area contributed by atoms with Gasteiger partial charge in [-0.1, -0.05) is 12.1 Å². The molecule has 0 radical (unpaired) electrons. The average Bonchev–Trinajstić information content (AvgIpc) is 2.26. The molecule has 0 saturated carbocycles. The molecule has 1 aromatic carbocycles. The summed E-state index contributed by atoms with van der Waals surface area (Å²) in [5.41, 5.74) is 7.13. The second-order valence-corrected chi connectivity index (χ2v) is 6.22. The fourth-order valence-corrected chi connectivity index (χ4v) is 2.09. The molecule has 0 atom stereocenters. The molecule has 0 aromatic heterocycles. The molecule has 0 spiro atoms. The number of carbonyl (C=O) groups excluding carboxylic acids is 1. The van der Waals surface area contributed by atoms with Crippen molar-refractivity contribution in [3.8, 4) is 0 Å².